The number of nitrogens with two attached hydrogens (primary N) is 1. The van der Waals surface area contributed by atoms with Crippen molar-refractivity contribution in [3.63, 3.8) is 0 Å². The van der Waals surface area contributed by atoms with Gasteiger partial charge in [0, 0.05) is 18.0 Å². The third-order valence-corrected chi connectivity index (χ3v) is 7.24. The first-order valence-electron chi connectivity index (χ1n) is 13.3. The van der Waals surface area contributed by atoms with E-state index >= 15 is 0 Å². The van der Waals surface area contributed by atoms with Gasteiger partial charge in [-0.2, -0.15) is 0 Å². The van der Waals surface area contributed by atoms with E-state index in [1.54, 1.807) is 11.0 Å². The number of hydrogen-bond donors (Lipinski definition) is 1. The van der Waals surface area contributed by atoms with Crippen molar-refractivity contribution in [3.8, 4) is 22.3 Å². The molecule has 0 bridgehead atoms. The molecule has 1 aliphatic rings. The molecule has 0 aromatic heterocycles. The Kier molecular flexibility index (Phi) is 7.96. The molecule has 1 fully saturated rings. The summed E-state index contributed by atoms with van der Waals surface area (Å²) in [6.45, 7) is 4.85. The molecule has 190 valence electrons. The van der Waals surface area contributed by atoms with Crippen molar-refractivity contribution in [1.82, 2.24) is 4.90 Å². The Morgan fingerprint density at radius 3 is 1.61 bits per heavy atom. The van der Waals surface area contributed by atoms with Gasteiger partial charge in [0.2, 0.25) is 0 Å². The number of carbonyl (C=O) groups excluding carboxylic acids is 1. The molecule has 5 rings (SSSR count). The molecule has 4 aromatic rings. The highest BCUT2D eigenvalue weighted by molar-refractivity contribution is 5.96. The summed E-state index contributed by atoms with van der Waals surface area (Å²) in [6.07, 6.45) is 5.90. The summed E-state index contributed by atoms with van der Waals surface area (Å²) in [7, 11) is 0. The second-order valence-electron chi connectivity index (χ2n) is 9.92. The van der Waals surface area contributed by atoms with Gasteiger partial charge in [0.15, 0.2) is 0 Å². The minimum atomic E-state index is -0.247. The van der Waals surface area contributed by atoms with Crippen LogP contribution in [-0.4, -0.2) is 24.0 Å². The second kappa shape index (κ2) is 11.9. The Balaban J connectivity index is 1.55. The van der Waals surface area contributed by atoms with Crippen molar-refractivity contribution in [2.24, 2.45) is 11.7 Å². The molecule has 0 heterocycles. The zero-order valence-electron chi connectivity index (χ0n) is 21.7. The molecule has 0 saturated heterocycles. The normalized spacial score (nSPS) is 13.4. The van der Waals surface area contributed by atoms with Crippen molar-refractivity contribution in [3.05, 3.63) is 145 Å². The van der Waals surface area contributed by atoms with Crippen molar-refractivity contribution < 1.29 is 4.79 Å². The maximum atomic E-state index is 13.9. The molecule has 0 aliphatic heterocycles. The van der Waals surface area contributed by atoms with E-state index in [1.807, 2.05) is 42.5 Å². The lowest BCUT2D eigenvalue weighted by molar-refractivity contribution is -0.127. The molecule has 2 N–H and O–H groups in total. The van der Waals surface area contributed by atoms with Crippen molar-refractivity contribution >= 4 is 5.91 Å². The van der Waals surface area contributed by atoms with Crippen LogP contribution in [0.25, 0.3) is 22.3 Å². The van der Waals surface area contributed by atoms with E-state index in [4.69, 9.17) is 5.73 Å². The molecule has 3 heteroatoms. The van der Waals surface area contributed by atoms with Gasteiger partial charge in [-0.15, -0.1) is 0 Å². The number of carbonyl (C=O) groups is 1. The Morgan fingerprint density at radius 2 is 1.21 bits per heavy atom. The third-order valence-electron chi connectivity index (χ3n) is 7.24. The topological polar surface area (TPSA) is 46.3 Å². The Morgan fingerprint density at radius 1 is 0.763 bits per heavy atom. The summed E-state index contributed by atoms with van der Waals surface area (Å²) in [4.78, 5) is 15.7. The summed E-state index contributed by atoms with van der Waals surface area (Å²) < 4.78 is 0. The van der Waals surface area contributed by atoms with Crippen molar-refractivity contribution in [2.75, 3.05) is 13.2 Å². The summed E-state index contributed by atoms with van der Waals surface area (Å²) >= 11 is 0. The van der Waals surface area contributed by atoms with Crippen LogP contribution in [0.3, 0.4) is 0 Å². The monoisotopic (exact) mass is 498 g/mol. The van der Waals surface area contributed by atoms with E-state index in [0.717, 1.165) is 35.1 Å². The third kappa shape index (κ3) is 5.85. The SMILES string of the molecule is C=C/C=C(/C(=O)N(CN)CC1CC1)C(c1ccc(-c2ccccc2)cc1)c1ccc(-c2ccccc2)cc1. The maximum Gasteiger partial charge on any atom is 0.251 e. The van der Waals surface area contributed by atoms with E-state index in [9.17, 15) is 4.79 Å². The summed E-state index contributed by atoms with van der Waals surface area (Å²) in [5, 5.41) is 0. The smallest absolute Gasteiger partial charge is 0.251 e. The Bertz CT molecular complexity index is 1300. The largest absolute Gasteiger partial charge is 0.326 e. The highest BCUT2D eigenvalue weighted by Crippen LogP contribution is 2.37. The number of amides is 1. The average Bonchev–Trinajstić information content (AvgIpc) is 3.81. The van der Waals surface area contributed by atoms with Crippen LogP contribution in [0.1, 0.15) is 29.9 Å². The van der Waals surface area contributed by atoms with Crippen LogP contribution in [0.2, 0.25) is 0 Å². The van der Waals surface area contributed by atoms with Gasteiger partial charge in [-0.25, -0.2) is 0 Å². The van der Waals surface area contributed by atoms with Crippen LogP contribution < -0.4 is 5.73 Å². The van der Waals surface area contributed by atoms with E-state index in [0.29, 0.717) is 18.0 Å². The molecular formula is C35H34N2O. The number of allylic oxidation sites excluding steroid dienone is 2. The van der Waals surface area contributed by atoms with Gasteiger partial charge >= 0.3 is 0 Å². The fourth-order valence-electron chi connectivity index (χ4n) is 5.00. The number of hydrogen-bond acceptors (Lipinski definition) is 2. The average molecular weight is 499 g/mol. The minimum Gasteiger partial charge on any atom is -0.326 e. The fourth-order valence-corrected chi connectivity index (χ4v) is 5.00. The zero-order chi connectivity index (χ0) is 26.3. The molecule has 0 atom stereocenters. The van der Waals surface area contributed by atoms with Crippen molar-refractivity contribution in [1.29, 1.82) is 0 Å². The summed E-state index contributed by atoms with van der Waals surface area (Å²) in [5.41, 5.74) is 13.5. The van der Waals surface area contributed by atoms with Crippen LogP contribution in [-0.2, 0) is 4.79 Å². The molecule has 0 radical (unpaired) electrons. The molecule has 38 heavy (non-hydrogen) atoms. The number of rotatable bonds is 10. The Labute approximate surface area is 225 Å². The van der Waals surface area contributed by atoms with Gasteiger partial charge in [0.1, 0.15) is 0 Å². The lowest BCUT2D eigenvalue weighted by Gasteiger charge is -2.27. The van der Waals surface area contributed by atoms with Crippen LogP contribution in [0, 0.1) is 5.92 Å². The Hall–Kier alpha value is -4.21. The summed E-state index contributed by atoms with van der Waals surface area (Å²) in [6, 6.07) is 37.8. The second-order valence-corrected chi connectivity index (χ2v) is 9.92. The number of nitrogens with zero attached hydrogens (tertiary/aromatic N) is 1. The van der Waals surface area contributed by atoms with Crippen LogP contribution in [0.4, 0.5) is 0 Å². The van der Waals surface area contributed by atoms with E-state index in [2.05, 4.69) is 79.4 Å². The van der Waals surface area contributed by atoms with E-state index in [1.165, 1.54) is 11.1 Å². The molecule has 1 saturated carbocycles. The molecule has 1 aliphatic carbocycles. The van der Waals surface area contributed by atoms with E-state index in [-0.39, 0.29) is 18.5 Å². The molecule has 4 aromatic carbocycles. The predicted molar refractivity (Wildman–Crippen MR) is 157 cm³/mol. The highest BCUT2D eigenvalue weighted by atomic mass is 16.2. The van der Waals surface area contributed by atoms with E-state index < -0.39 is 0 Å². The first kappa shape index (κ1) is 25.4. The molecule has 0 spiro atoms. The number of benzene rings is 4. The van der Waals surface area contributed by atoms with Gasteiger partial charge in [0.05, 0.1) is 6.67 Å². The first-order chi connectivity index (χ1) is 18.7. The molecule has 3 nitrogen and oxygen atoms in total. The molecular weight excluding hydrogens is 464 g/mol. The van der Waals surface area contributed by atoms with Gasteiger partial charge in [-0.05, 0) is 52.1 Å². The van der Waals surface area contributed by atoms with Gasteiger partial charge in [-0.3, -0.25) is 4.79 Å². The molecule has 0 unspecified atom stereocenters. The maximum absolute atomic E-state index is 13.9. The van der Waals surface area contributed by atoms with Gasteiger partial charge in [0.25, 0.3) is 5.91 Å². The standard InChI is InChI=1S/C35H34N2O/c1-2-9-33(35(38)37(25-36)24-26-14-15-26)34(31-20-16-29(17-21-31)27-10-5-3-6-11-27)32-22-18-30(19-23-32)28-12-7-4-8-13-28/h2-13,16-23,26,34H,1,14-15,24-25,36H2/b33-9+. The summed E-state index contributed by atoms with van der Waals surface area (Å²) in [5.74, 6) is 0.285. The lowest BCUT2D eigenvalue weighted by Crippen LogP contribution is -2.39. The fraction of sp³-hybridized carbons (Fsp3) is 0.171. The highest BCUT2D eigenvalue weighted by Gasteiger charge is 2.31. The van der Waals surface area contributed by atoms with Crippen LogP contribution in [0.5, 0.6) is 0 Å². The minimum absolute atomic E-state index is 0.0245. The van der Waals surface area contributed by atoms with Crippen LogP contribution in [0.15, 0.2) is 133 Å². The van der Waals surface area contributed by atoms with Crippen molar-refractivity contribution in [2.45, 2.75) is 18.8 Å². The van der Waals surface area contributed by atoms with Gasteiger partial charge < -0.3 is 10.6 Å². The zero-order valence-corrected chi connectivity index (χ0v) is 21.7. The van der Waals surface area contributed by atoms with Gasteiger partial charge in [-0.1, -0.05) is 128 Å². The van der Waals surface area contributed by atoms with Crippen LogP contribution >= 0.6 is 0 Å². The lowest BCUT2D eigenvalue weighted by atomic mass is 9.82. The first-order valence-corrected chi connectivity index (χ1v) is 13.3. The predicted octanol–water partition coefficient (Wildman–Crippen LogP) is 7.42. The molecule has 1 amide bonds. The quantitative estimate of drug-likeness (QED) is 0.140.